The molecule has 0 saturated carbocycles. The van der Waals surface area contributed by atoms with Crippen LogP contribution < -0.4 is 0 Å². The summed E-state index contributed by atoms with van der Waals surface area (Å²) < 4.78 is 13.5. The molecule has 0 radical (unpaired) electrons. The minimum atomic E-state index is -0.266. The summed E-state index contributed by atoms with van der Waals surface area (Å²) in [6.45, 7) is 1.11. The van der Waals surface area contributed by atoms with E-state index in [1.165, 1.54) is 12.1 Å². The number of H-pyrrole nitrogens is 1. The highest BCUT2D eigenvalue weighted by atomic mass is 35.5. The number of nitrogens with zero attached hydrogens (tertiary/aromatic N) is 1. The monoisotopic (exact) mass is 328 g/mol. The molecule has 3 nitrogen and oxygen atoms in total. The minimum Gasteiger partial charge on any atom is -0.358 e. The predicted molar refractivity (Wildman–Crippen MR) is 88.2 cm³/mol. The Bertz CT molecular complexity index is 919. The fourth-order valence-electron chi connectivity index (χ4n) is 3.16. The predicted octanol–water partition coefficient (Wildman–Crippen LogP) is 4.16. The second kappa shape index (κ2) is 5.39. The van der Waals surface area contributed by atoms with Crippen molar-refractivity contribution in [2.45, 2.75) is 13.0 Å². The molecule has 116 valence electrons. The molecular formula is C18H14ClFN2O. The highest BCUT2D eigenvalue weighted by Crippen LogP contribution is 2.29. The van der Waals surface area contributed by atoms with Crippen LogP contribution in [0.3, 0.4) is 0 Å². The number of aromatic nitrogens is 1. The zero-order valence-corrected chi connectivity index (χ0v) is 13.0. The molecule has 4 rings (SSSR count). The summed E-state index contributed by atoms with van der Waals surface area (Å²) in [7, 11) is 0. The van der Waals surface area contributed by atoms with Crippen molar-refractivity contribution in [1.82, 2.24) is 9.88 Å². The van der Waals surface area contributed by atoms with Crippen LogP contribution in [0.2, 0.25) is 5.02 Å². The van der Waals surface area contributed by atoms with Gasteiger partial charge in [-0.05, 0) is 36.4 Å². The number of hydrogen-bond acceptors (Lipinski definition) is 1. The average molecular weight is 329 g/mol. The highest BCUT2D eigenvalue weighted by molar-refractivity contribution is 6.30. The number of hydrogen-bond donors (Lipinski definition) is 1. The Balaban J connectivity index is 1.69. The molecule has 0 bridgehead atoms. The van der Waals surface area contributed by atoms with E-state index in [0.29, 0.717) is 23.7 Å². The molecule has 0 aliphatic carbocycles. The van der Waals surface area contributed by atoms with Gasteiger partial charge in [-0.15, -0.1) is 0 Å². The summed E-state index contributed by atoms with van der Waals surface area (Å²) in [4.78, 5) is 17.8. The van der Waals surface area contributed by atoms with Gasteiger partial charge in [0.15, 0.2) is 0 Å². The van der Waals surface area contributed by atoms with Crippen molar-refractivity contribution in [3.63, 3.8) is 0 Å². The summed E-state index contributed by atoms with van der Waals surface area (Å²) in [6, 6.07) is 11.7. The van der Waals surface area contributed by atoms with Crippen molar-refractivity contribution in [3.8, 4) is 0 Å². The van der Waals surface area contributed by atoms with Gasteiger partial charge in [-0.25, -0.2) is 4.39 Å². The van der Waals surface area contributed by atoms with Crippen LogP contribution in [0.5, 0.6) is 0 Å². The van der Waals surface area contributed by atoms with Crippen molar-refractivity contribution >= 4 is 28.4 Å². The van der Waals surface area contributed by atoms with Crippen LogP contribution in [0.4, 0.5) is 4.39 Å². The summed E-state index contributed by atoms with van der Waals surface area (Å²) in [5.74, 6) is -0.318. The third-order valence-electron chi connectivity index (χ3n) is 4.30. The normalized spacial score (nSPS) is 14.1. The van der Waals surface area contributed by atoms with E-state index in [9.17, 15) is 9.18 Å². The average Bonchev–Trinajstić information content (AvgIpc) is 2.91. The number of halogens is 2. The summed E-state index contributed by atoms with van der Waals surface area (Å²) in [6.07, 6.45) is 0.734. The zero-order valence-electron chi connectivity index (χ0n) is 12.3. The maximum Gasteiger partial charge on any atom is 0.254 e. The van der Waals surface area contributed by atoms with Crippen LogP contribution in [-0.2, 0) is 13.0 Å². The molecule has 2 heterocycles. The van der Waals surface area contributed by atoms with E-state index in [0.717, 1.165) is 28.6 Å². The third-order valence-corrected chi connectivity index (χ3v) is 4.53. The Morgan fingerprint density at radius 3 is 2.91 bits per heavy atom. The van der Waals surface area contributed by atoms with Gasteiger partial charge in [0.1, 0.15) is 5.82 Å². The highest BCUT2D eigenvalue weighted by Gasteiger charge is 2.25. The lowest BCUT2D eigenvalue weighted by Crippen LogP contribution is -2.35. The number of benzene rings is 2. The molecule has 0 spiro atoms. The third kappa shape index (κ3) is 2.49. The lowest BCUT2D eigenvalue weighted by Gasteiger charge is -2.27. The van der Waals surface area contributed by atoms with E-state index in [1.807, 2.05) is 0 Å². The van der Waals surface area contributed by atoms with E-state index in [4.69, 9.17) is 11.6 Å². The first-order chi connectivity index (χ1) is 11.1. The molecule has 0 unspecified atom stereocenters. The summed E-state index contributed by atoms with van der Waals surface area (Å²) >= 11 is 5.97. The van der Waals surface area contributed by atoms with Crippen LogP contribution in [0.25, 0.3) is 10.9 Å². The first-order valence-electron chi connectivity index (χ1n) is 7.45. The molecule has 2 aromatic carbocycles. The Hall–Kier alpha value is -2.33. The zero-order chi connectivity index (χ0) is 16.0. The maximum atomic E-state index is 13.5. The lowest BCUT2D eigenvalue weighted by molar-refractivity contribution is 0.0735. The molecule has 3 aromatic rings. The number of carbonyl (C=O) groups excluding carboxylic acids is 1. The molecule has 1 aromatic heterocycles. The second-order valence-corrected chi connectivity index (χ2v) is 6.20. The van der Waals surface area contributed by atoms with Gasteiger partial charge in [-0.3, -0.25) is 4.79 Å². The van der Waals surface area contributed by atoms with Crippen LogP contribution in [-0.4, -0.2) is 22.3 Å². The summed E-state index contributed by atoms with van der Waals surface area (Å²) in [5.41, 5.74) is 3.57. The largest absolute Gasteiger partial charge is 0.358 e. The van der Waals surface area contributed by atoms with Crippen LogP contribution in [0.1, 0.15) is 21.6 Å². The van der Waals surface area contributed by atoms with Gasteiger partial charge in [-0.1, -0.05) is 17.7 Å². The molecule has 1 amide bonds. The van der Waals surface area contributed by atoms with Crippen molar-refractivity contribution in [2.24, 2.45) is 0 Å². The van der Waals surface area contributed by atoms with Crippen molar-refractivity contribution in [3.05, 3.63) is 70.1 Å². The number of carbonyl (C=O) groups is 1. The number of fused-ring (bicyclic) bond motifs is 3. The molecule has 1 aliphatic heterocycles. The quantitative estimate of drug-likeness (QED) is 0.715. The van der Waals surface area contributed by atoms with Gasteiger partial charge in [0.05, 0.1) is 0 Å². The van der Waals surface area contributed by atoms with E-state index >= 15 is 0 Å². The topological polar surface area (TPSA) is 36.1 Å². The Kier molecular flexibility index (Phi) is 3.34. The molecule has 0 fully saturated rings. The van der Waals surface area contributed by atoms with Crippen molar-refractivity contribution in [2.75, 3.05) is 6.54 Å². The molecule has 1 N–H and O–H groups in total. The Labute approximate surface area is 137 Å². The van der Waals surface area contributed by atoms with Gasteiger partial charge in [0, 0.05) is 52.3 Å². The Morgan fingerprint density at radius 2 is 2.09 bits per heavy atom. The Morgan fingerprint density at radius 1 is 1.22 bits per heavy atom. The van der Waals surface area contributed by atoms with Gasteiger partial charge in [-0.2, -0.15) is 0 Å². The van der Waals surface area contributed by atoms with Crippen LogP contribution in [0, 0.1) is 5.82 Å². The first-order valence-corrected chi connectivity index (χ1v) is 7.83. The van der Waals surface area contributed by atoms with E-state index < -0.39 is 0 Å². The van der Waals surface area contributed by atoms with Gasteiger partial charge in [0.2, 0.25) is 0 Å². The van der Waals surface area contributed by atoms with E-state index in [2.05, 4.69) is 4.98 Å². The molecule has 1 aliphatic rings. The van der Waals surface area contributed by atoms with Gasteiger partial charge >= 0.3 is 0 Å². The van der Waals surface area contributed by atoms with Gasteiger partial charge in [0.25, 0.3) is 5.91 Å². The second-order valence-electron chi connectivity index (χ2n) is 5.76. The smallest absolute Gasteiger partial charge is 0.254 e. The first kappa shape index (κ1) is 14.3. The molecule has 0 saturated heterocycles. The van der Waals surface area contributed by atoms with Crippen LogP contribution >= 0.6 is 11.6 Å². The SMILES string of the molecule is O=C(c1cccc(Cl)c1)N1CCc2[nH]c3ccc(F)cc3c2C1. The fraction of sp³-hybridized carbons (Fsp3) is 0.167. The number of amides is 1. The molecule has 0 atom stereocenters. The standard InChI is InChI=1S/C18H14ClFN2O/c19-12-3-1-2-11(8-12)18(23)22-7-6-17-15(10-22)14-9-13(20)4-5-16(14)21-17/h1-5,8-9,21H,6-7,10H2. The number of nitrogens with one attached hydrogen (secondary N) is 1. The van der Waals surface area contributed by atoms with E-state index in [-0.39, 0.29) is 11.7 Å². The van der Waals surface area contributed by atoms with Gasteiger partial charge < -0.3 is 9.88 Å². The number of rotatable bonds is 1. The van der Waals surface area contributed by atoms with Crippen molar-refractivity contribution in [1.29, 1.82) is 0 Å². The van der Waals surface area contributed by atoms with E-state index in [1.54, 1.807) is 35.2 Å². The lowest BCUT2D eigenvalue weighted by atomic mass is 10.0. The minimum absolute atomic E-state index is 0.0519. The molecular weight excluding hydrogens is 315 g/mol. The molecule has 5 heteroatoms. The number of aromatic amines is 1. The summed E-state index contributed by atoms with van der Waals surface area (Å²) in [5, 5.41) is 1.39. The molecule has 23 heavy (non-hydrogen) atoms. The van der Waals surface area contributed by atoms with Crippen molar-refractivity contribution < 1.29 is 9.18 Å². The fourth-order valence-corrected chi connectivity index (χ4v) is 3.35. The maximum absolute atomic E-state index is 13.5. The van der Waals surface area contributed by atoms with Crippen LogP contribution in [0.15, 0.2) is 42.5 Å².